The van der Waals surface area contributed by atoms with E-state index in [4.69, 9.17) is 15.2 Å². The molecule has 0 aliphatic carbocycles. The van der Waals surface area contributed by atoms with Gasteiger partial charge in [0.05, 0.1) is 0 Å². The standard InChI is InChI=1S/C8H9NO2.C6H13NO2/c9-8(10)11-6-7-4-2-1-3-5-7;1-8-6(9-2)3-4-7-5-6/h1-5H,6H2,(H2,9,10);7H,3-5H2,1-2H3. The zero-order valence-electron chi connectivity index (χ0n) is 11.9. The lowest BCUT2D eigenvalue weighted by molar-refractivity contribution is -0.190. The topological polar surface area (TPSA) is 82.8 Å². The number of nitrogens with two attached hydrogens (primary N) is 1. The SMILES string of the molecule is COC1(OC)CCNC1.NC(=O)OCc1ccccc1. The predicted octanol–water partition coefficient (Wildman–Crippen LogP) is 1.25. The van der Waals surface area contributed by atoms with Gasteiger partial charge in [0.15, 0.2) is 5.79 Å². The van der Waals surface area contributed by atoms with E-state index in [0.717, 1.165) is 25.1 Å². The highest BCUT2D eigenvalue weighted by molar-refractivity contribution is 5.64. The second-order valence-corrected chi connectivity index (χ2v) is 4.34. The van der Waals surface area contributed by atoms with Crippen molar-refractivity contribution in [1.29, 1.82) is 0 Å². The third kappa shape index (κ3) is 5.56. The first-order chi connectivity index (χ1) is 9.62. The highest BCUT2D eigenvalue weighted by Crippen LogP contribution is 2.18. The van der Waals surface area contributed by atoms with Crippen molar-refractivity contribution in [1.82, 2.24) is 5.32 Å². The minimum absolute atomic E-state index is 0.246. The van der Waals surface area contributed by atoms with Gasteiger partial charge in [0.25, 0.3) is 0 Å². The molecule has 1 aromatic carbocycles. The molecule has 1 fully saturated rings. The fourth-order valence-electron chi connectivity index (χ4n) is 1.81. The Bertz CT molecular complexity index is 385. The number of rotatable bonds is 4. The summed E-state index contributed by atoms with van der Waals surface area (Å²) < 4.78 is 14.9. The van der Waals surface area contributed by atoms with Crippen LogP contribution in [0.25, 0.3) is 0 Å². The van der Waals surface area contributed by atoms with Gasteiger partial charge in [-0.3, -0.25) is 0 Å². The molecule has 0 spiro atoms. The lowest BCUT2D eigenvalue weighted by atomic mass is 10.2. The summed E-state index contributed by atoms with van der Waals surface area (Å²) in [5.74, 6) is -0.333. The Hall–Kier alpha value is -1.63. The Morgan fingerprint density at radius 2 is 1.95 bits per heavy atom. The van der Waals surface area contributed by atoms with Gasteiger partial charge in [-0.05, 0) is 5.56 Å². The summed E-state index contributed by atoms with van der Waals surface area (Å²) >= 11 is 0. The van der Waals surface area contributed by atoms with E-state index in [1.54, 1.807) is 14.2 Å². The first-order valence-corrected chi connectivity index (χ1v) is 6.39. The first kappa shape index (κ1) is 16.4. The van der Waals surface area contributed by atoms with Gasteiger partial charge in [-0.25, -0.2) is 4.79 Å². The minimum Gasteiger partial charge on any atom is -0.445 e. The summed E-state index contributed by atoms with van der Waals surface area (Å²) in [6, 6.07) is 9.37. The molecule has 1 aromatic rings. The molecular weight excluding hydrogens is 260 g/mol. The van der Waals surface area contributed by atoms with Crippen LogP contribution in [0.1, 0.15) is 12.0 Å². The van der Waals surface area contributed by atoms with Gasteiger partial charge >= 0.3 is 6.09 Å². The molecule has 6 nitrogen and oxygen atoms in total. The maximum Gasteiger partial charge on any atom is 0.404 e. The van der Waals surface area contributed by atoms with Crippen molar-refractivity contribution in [2.24, 2.45) is 5.73 Å². The van der Waals surface area contributed by atoms with E-state index >= 15 is 0 Å². The van der Waals surface area contributed by atoms with Crippen LogP contribution in [0.15, 0.2) is 30.3 Å². The molecule has 0 atom stereocenters. The number of amides is 1. The van der Waals surface area contributed by atoms with Crippen molar-refractivity contribution in [2.75, 3.05) is 27.3 Å². The van der Waals surface area contributed by atoms with Crippen LogP contribution in [0.3, 0.4) is 0 Å². The van der Waals surface area contributed by atoms with Crippen LogP contribution in [0, 0.1) is 0 Å². The molecule has 20 heavy (non-hydrogen) atoms. The summed E-state index contributed by atoms with van der Waals surface area (Å²) in [4.78, 5) is 10.2. The molecule has 0 unspecified atom stereocenters. The summed E-state index contributed by atoms with van der Waals surface area (Å²) in [7, 11) is 3.35. The molecule has 1 heterocycles. The molecular formula is C14H22N2O4. The summed E-state index contributed by atoms with van der Waals surface area (Å²) in [5.41, 5.74) is 5.72. The Balaban J connectivity index is 0.000000204. The van der Waals surface area contributed by atoms with Crippen molar-refractivity contribution >= 4 is 6.09 Å². The maximum absolute atomic E-state index is 10.2. The zero-order chi connectivity index (χ0) is 14.8. The van der Waals surface area contributed by atoms with Gasteiger partial charge in [0, 0.05) is 33.7 Å². The smallest absolute Gasteiger partial charge is 0.404 e. The quantitative estimate of drug-likeness (QED) is 0.812. The van der Waals surface area contributed by atoms with Gasteiger partial charge in [-0.15, -0.1) is 0 Å². The van der Waals surface area contributed by atoms with Crippen molar-refractivity contribution in [2.45, 2.75) is 18.8 Å². The minimum atomic E-state index is -0.742. The third-order valence-electron chi connectivity index (χ3n) is 3.04. The van der Waals surface area contributed by atoms with Crippen molar-refractivity contribution in [3.63, 3.8) is 0 Å². The van der Waals surface area contributed by atoms with Crippen molar-refractivity contribution in [3.05, 3.63) is 35.9 Å². The van der Waals surface area contributed by atoms with Crippen LogP contribution in [-0.4, -0.2) is 39.2 Å². The van der Waals surface area contributed by atoms with E-state index in [0.29, 0.717) is 0 Å². The molecule has 1 saturated heterocycles. The van der Waals surface area contributed by atoms with Gasteiger partial charge in [-0.2, -0.15) is 0 Å². The lowest BCUT2D eigenvalue weighted by Gasteiger charge is -2.23. The van der Waals surface area contributed by atoms with E-state index in [1.165, 1.54) is 0 Å². The molecule has 0 saturated carbocycles. The summed E-state index contributed by atoms with van der Waals surface area (Å²) in [5, 5.41) is 3.16. The van der Waals surface area contributed by atoms with Crippen molar-refractivity contribution < 1.29 is 19.0 Å². The van der Waals surface area contributed by atoms with Gasteiger partial charge in [0.1, 0.15) is 6.61 Å². The first-order valence-electron chi connectivity index (χ1n) is 6.39. The van der Waals surface area contributed by atoms with Crippen molar-refractivity contribution in [3.8, 4) is 0 Å². The van der Waals surface area contributed by atoms with E-state index in [2.05, 4.69) is 10.1 Å². The number of carbonyl (C=O) groups excluding carboxylic acids is 1. The molecule has 0 radical (unpaired) electrons. The highest BCUT2D eigenvalue weighted by Gasteiger charge is 2.32. The Kier molecular flexibility index (Phi) is 7.00. The van der Waals surface area contributed by atoms with Crippen LogP contribution in [0.2, 0.25) is 0 Å². The van der Waals surface area contributed by atoms with E-state index in [9.17, 15) is 4.79 Å². The molecule has 2 rings (SSSR count). The number of benzene rings is 1. The van der Waals surface area contributed by atoms with E-state index in [-0.39, 0.29) is 12.4 Å². The summed E-state index contributed by atoms with van der Waals surface area (Å²) in [6.07, 6.45) is 0.203. The number of hydrogen-bond acceptors (Lipinski definition) is 5. The number of nitrogens with one attached hydrogen (secondary N) is 1. The monoisotopic (exact) mass is 282 g/mol. The second-order valence-electron chi connectivity index (χ2n) is 4.34. The largest absolute Gasteiger partial charge is 0.445 e. The molecule has 1 aliphatic rings. The normalized spacial score (nSPS) is 16.1. The maximum atomic E-state index is 10.2. The van der Waals surface area contributed by atoms with Gasteiger partial charge in [0.2, 0.25) is 0 Å². The van der Waals surface area contributed by atoms with Crippen LogP contribution < -0.4 is 11.1 Å². The highest BCUT2D eigenvalue weighted by atomic mass is 16.7. The van der Waals surface area contributed by atoms with E-state index in [1.807, 2.05) is 30.3 Å². The summed E-state index contributed by atoms with van der Waals surface area (Å²) in [6.45, 7) is 2.04. The van der Waals surface area contributed by atoms with Crippen LogP contribution in [-0.2, 0) is 20.8 Å². The number of primary amides is 1. The zero-order valence-corrected chi connectivity index (χ0v) is 11.9. The van der Waals surface area contributed by atoms with Crippen LogP contribution >= 0.6 is 0 Å². The Morgan fingerprint density at radius 1 is 1.30 bits per heavy atom. The number of hydrogen-bond donors (Lipinski definition) is 2. The fourth-order valence-corrected chi connectivity index (χ4v) is 1.81. The van der Waals surface area contributed by atoms with Gasteiger partial charge in [-0.1, -0.05) is 30.3 Å². The molecule has 3 N–H and O–H groups in total. The number of methoxy groups -OCH3 is 2. The molecule has 112 valence electrons. The molecule has 1 aliphatic heterocycles. The average molecular weight is 282 g/mol. The van der Waals surface area contributed by atoms with Gasteiger partial charge < -0.3 is 25.3 Å². The molecule has 0 bridgehead atoms. The molecule has 1 amide bonds. The Morgan fingerprint density at radius 3 is 2.35 bits per heavy atom. The van der Waals surface area contributed by atoms with Crippen LogP contribution in [0.5, 0.6) is 0 Å². The molecule has 6 heteroatoms. The second kappa shape index (κ2) is 8.52. The molecule has 0 aromatic heterocycles. The predicted molar refractivity (Wildman–Crippen MR) is 75.1 cm³/mol. The number of carbonyl (C=O) groups is 1. The average Bonchev–Trinajstić information content (AvgIpc) is 2.96. The van der Waals surface area contributed by atoms with E-state index < -0.39 is 6.09 Å². The fraction of sp³-hybridized carbons (Fsp3) is 0.500. The third-order valence-corrected chi connectivity index (χ3v) is 3.04. The Labute approximate surface area is 119 Å². The number of ether oxygens (including phenoxy) is 3. The lowest BCUT2D eigenvalue weighted by Crippen LogP contribution is -2.35. The van der Waals surface area contributed by atoms with Crippen LogP contribution in [0.4, 0.5) is 4.79 Å².